The smallest absolute Gasteiger partial charge is 0.258 e. The summed E-state index contributed by atoms with van der Waals surface area (Å²) in [6.07, 6.45) is 3.13. The summed E-state index contributed by atoms with van der Waals surface area (Å²) in [5, 5.41) is 0.960. The van der Waals surface area contributed by atoms with Gasteiger partial charge >= 0.3 is 0 Å². The van der Waals surface area contributed by atoms with Crippen LogP contribution < -0.4 is 4.72 Å². The van der Waals surface area contributed by atoms with Gasteiger partial charge in [0.15, 0.2) is 14.9 Å². The van der Waals surface area contributed by atoms with Gasteiger partial charge in [-0.1, -0.05) is 13.0 Å². The normalized spacial score (nSPS) is 22.4. The Hall–Kier alpha value is -1.19. The quantitative estimate of drug-likeness (QED) is 0.781. The molecule has 1 aromatic rings. The van der Waals surface area contributed by atoms with Crippen molar-refractivity contribution in [3.8, 4) is 0 Å². The molecule has 100 valence electrons. The lowest BCUT2D eigenvalue weighted by Crippen LogP contribution is -2.35. The van der Waals surface area contributed by atoms with Crippen molar-refractivity contribution in [2.45, 2.75) is 24.4 Å². The number of aromatic amines is 1. The van der Waals surface area contributed by atoms with Crippen LogP contribution in [-0.4, -0.2) is 38.6 Å². The second-order valence-electron chi connectivity index (χ2n) is 3.93. The summed E-state index contributed by atoms with van der Waals surface area (Å²) in [5.74, 6) is 0.311. The minimum atomic E-state index is -3.77. The molecule has 2 N–H and O–H groups in total. The number of rotatable bonds is 4. The molecule has 0 aliphatic carbocycles. The number of hydrogen-bond donors (Lipinski definition) is 2. The molecule has 1 aromatic heterocycles. The molecule has 1 unspecified atom stereocenters. The zero-order valence-electron chi connectivity index (χ0n) is 9.62. The number of imidazole rings is 1. The molecule has 0 radical (unpaired) electrons. The first-order chi connectivity index (χ1) is 8.32. The molecule has 9 heteroatoms. The van der Waals surface area contributed by atoms with Crippen LogP contribution in [0.1, 0.15) is 12.7 Å². The Bertz CT molecular complexity index is 672. The van der Waals surface area contributed by atoms with Crippen LogP contribution in [0.4, 0.5) is 0 Å². The maximum Gasteiger partial charge on any atom is 0.258 e. The van der Waals surface area contributed by atoms with Gasteiger partial charge in [-0.05, 0) is 0 Å². The zero-order chi connectivity index (χ0) is 13.4. The summed E-state index contributed by atoms with van der Waals surface area (Å²) in [4.78, 5) is 6.56. The van der Waals surface area contributed by atoms with E-state index in [4.69, 9.17) is 0 Å². The fourth-order valence-corrected chi connectivity index (χ4v) is 4.04. The van der Waals surface area contributed by atoms with E-state index in [1.807, 2.05) is 6.92 Å². The van der Waals surface area contributed by atoms with E-state index in [1.165, 1.54) is 12.3 Å². The monoisotopic (exact) mass is 291 g/mol. The van der Waals surface area contributed by atoms with Crippen molar-refractivity contribution >= 4 is 19.9 Å². The molecule has 1 aliphatic rings. The summed E-state index contributed by atoms with van der Waals surface area (Å²) in [7, 11) is -7.05. The summed E-state index contributed by atoms with van der Waals surface area (Å²) in [6, 6.07) is -0.728. The van der Waals surface area contributed by atoms with Gasteiger partial charge in [-0.15, -0.1) is 0 Å². The molecule has 0 fully saturated rings. The molecule has 2 rings (SSSR count). The van der Waals surface area contributed by atoms with E-state index in [0.29, 0.717) is 12.2 Å². The maximum absolute atomic E-state index is 11.9. The highest BCUT2D eigenvalue weighted by atomic mass is 32.2. The first-order valence-corrected chi connectivity index (χ1v) is 8.49. The molecule has 1 aliphatic heterocycles. The van der Waals surface area contributed by atoms with Gasteiger partial charge in [0, 0.05) is 11.8 Å². The third-order valence-corrected chi connectivity index (χ3v) is 5.26. The highest BCUT2D eigenvalue weighted by Gasteiger charge is 2.27. The average Bonchev–Trinajstić information content (AvgIpc) is 2.84. The second kappa shape index (κ2) is 4.48. The highest BCUT2D eigenvalue weighted by molar-refractivity contribution is 7.94. The van der Waals surface area contributed by atoms with Crippen molar-refractivity contribution in [3.63, 3.8) is 0 Å². The molecule has 7 nitrogen and oxygen atoms in total. The summed E-state index contributed by atoms with van der Waals surface area (Å²) in [5.41, 5.74) is 0. The summed E-state index contributed by atoms with van der Waals surface area (Å²) in [6.45, 7) is 1.84. The van der Waals surface area contributed by atoms with E-state index in [1.54, 1.807) is 0 Å². The minimum absolute atomic E-state index is 0.0583. The Morgan fingerprint density at radius 2 is 2.28 bits per heavy atom. The van der Waals surface area contributed by atoms with Gasteiger partial charge in [-0.25, -0.2) is 26.5 Å². The standard InChI is InChI=1S/C9H13N3O4S2/c1-2-8-10-5-9(11-8)18(15,16)12-7-3-4-17(13,14)6-7/h3-5,7,12H,2,6H2,1H3,(H,10,11). The number of sulfonamides is 1. The first-order valence-electron chi connectivity index (χ1n) is 5.29. The number of aromatic nitrogens is 2. The molecule has 0 aromatic carbocycles. The third kappa shape index (κ3) is 2.79. The van der Waals surface area contributed by atoms with Crippen LogP contribution in [0.25, 0.3) is 0 Å². The number of sulfone groups is 1. The van der Waals surface area contributed by atoms with E-state index >= 15 is 0 Å². The average molecular weight is 291 g/mol. The Balaban J connectivity index is 2.16. The lowest BCUT2D eigenvalue weighted by molar-refractivity contribution is 0.571. The van der Waals surface area contributed by atoms with Crippen molar-refractivity contribution in [2.75, 3.05) is 5.75 Å². The fraction of sp³-hybridized carbons (Fsp3) is 0.444. The number of aryl methyl sites for hydroxylation is 1. The molecular weight excluding hydrogens is 278 g/mol. The number of H-pyrrole nitrogens is 1. The minimum Gasteiger partial charge on any atom is -0.332 e. The maximum atomic E-state index is 11.9. The Labute approximate surface area is 105 Å². The summed E-state index contributed by atoms with van der Waals surface area (Å²) >= 11 is 0. The SMILES string of the molecule is CCc1ncc(S(=O)(=O)NC2C=CS(=O)(=O)C2)[nH]1. The van der Waals surface area contributed by atoms with Gasteiger partial charge < -0.3 is 4.98 Å². The van der Waals surface area contributed by atoms with Crippen LogP contribution in [0.3, 0.4) is 0 Å². The van der Waals surface area contributed by atoms with E-state index in [2.05, 4.69) is 14.7 Å². The molecule has 18 heavy (non-hydrogen) atoms. The molecular formula is C9H13N3O4S2. The number of nitrogens with one attached hydrogen (secondary N) is 2. The second-order valence-corrected chi connectivity index (χ2v) is 7.55. The van der Waals surface area contributed by atoms with Crippen LogP contribution in [0, 0.1) is 0 Å². The lowest BCUT2D eigenvalue weighted by atomic mass is 10.4. The van der Waals surface area contributed by atoms with E-state index in [0.717, 1.165) is 5.41 Å². The van der Waals surface area contributed by atoms with E-state index < -0.39 is 25.9 Å². The molecule has 0 amide bonds. The van der Waals surface area contributed by atoms with E-state index in [-0.39, 0.29) is 10.8 Å². The van der Waals surface area contributed by atoms with Crippen LogP contribution in [0.5, 0.6) is 0 Å². The molecule has 1 atom stereocenters. The Kier molecular flexibility index (Phi) is 3.30. The van der Waals surface area contributed by atoms with Crippen molar-refractivity contribution in [1.29, 1.82) is 0 Å². The van der Waals surface area contributed by atoms with Crippen molar-refractivity contribution in [2.24, 2.45) is 0 Å². The van der Waals surface area contributed by atoms with Gasteiger partial charge in [-0.2, -0.15) is 0 Å². The topological polar surface area (TPSA) is 109 Å². The van der Waals surface area contributed by atoms with Crippen LogP contribution in [0.15, 0.2) is 22.7 Å². The Morgan fingerprint density at radius 3 is 2.78 bits per heavy atom. The highest BCUT2D eigenvalue weighted by Crippen LogP contribution is 2.12. The molecule has 0 bridgehead atoms. The largest absolute Gasteiger partial charge is 0.332 e. The predicted molar refractivity (Wildman–Crippen MR) is 65.0 cm³/mol. The lowest BCUT2D eigenvalue weighted by Gasteiger charge is -2.08. The molecule has 2 heterocycles. The molecule has 0 saturated carbocycles. The van der Waals surface area contributed by atoms with Crippen molar-refractivity contribution < 1.29 is 16.8 Å². The molecule has 0 saturated heterocycles. The zero-order valence-corrected chi connectivity index (χ0v) is 11.3. The van der Waals surface area contributed by atoms with Crippen molar-refractivity contribution in [1.82, 2.24) is 14.7 Å². The van der Waals surface area contributed by atoms with Crippen LogP contribution in [-0.2, 0) is 26.3 Å². The van der Waals surface area contributed by atoms with Gasteiger partial charge in [0.1, 0.15) is 5.82 Å². The number of hydrogen-bond acceptors (Lipinski definition) is 5. The fourth-order valence-electron chi connectivity index (χ4n) is 1.57. The van der Waals surface area contributed by atoms with Gasteiger partial charge in [0.25, 0.3) is 10.0 Å². The first kappa shape index (κ1) is 13.2. The molecule has 0 spiro atoms. The third-order valence-electron chi connectivity index (χ3n) is 2.47. The van der Waals surface area contributed by atoms with E-state index in [9.17, 15) is 16.8 Å². The van der Waals surface area contributed by atoms with Crippen LogP contribution in [0.2, 0.25) is 0 Å². The van der Waals surface area contributed by atoms with Crippen LogP contribution >= 0.6 is 0 Å². The van der Waals surface area contributed by atoms with Gasteiger partial charge in [0.2, 0.25) is 0 Å². The predicted octanol–water partition coefficient (Wildman–Crippen LogP) is -0.439. The summed E-state index contributed by atoms with van der Waals surface area (Å²) < 4.78 is 48.5. The van der Waals surface area contributed by atoms with Gasteiger partial charge in [0.05, 0.1) is 18.0 Å². The van der Waals surface area contributed by atoms with Crippen molar-refractivity contribution in [3.05, 3.63) is 23.5 Å². The van der Waals surface area contributed by atoms with Gasteiger partial charge in [-0.3, -0.25) is 0 Å². The number of nitrogens with zero attached hydrogens (tertiary/aromatic N) is 1. The Morgan fingerprint density at radius 1 is 1.56 bits per heavy atom.